The molecule has 0 aromatic heterocycles. The quantitative estimate of drug-likeness (QED) is 0.751. The first-order valence-electron chi connectivity index (χ1n) is 7.79. The van der Waals surface area contributed by atoms with Crippen molar-refractivity contribution in [3.8, 4) is 0 Å². The summed E-state index contributed by atoms with van der Waals surface area (Å²) in [7, 11) is 0. The second-order valence-corrected chi connectivity index (χ2v) is 5.87. The summed E-state index contributed by atoms with van der Waals surface area (Å²) < 4.78 is 8.42. The summed E-state index contributed by atoms with van der Waals surface area (Å²) in [5.41, 5.74) is 2.40. The monoisotopic (exact) mass is 292 g/mol. The summed E-state index contributed by atoms with van der Waals surface area (Å²) in [6.07, 6.45) is 2.22. The molecule has 0 fully saturated rings. The molecule has 1 heterocycles. The van der Waals surface area contributed by atoms with Gasteiger partial charge in [-0.2, -0.15) is 4.58 Å². The van der Waals surface area contributed by atoms with Crippen LogP contribution in [0.5, 0.6) is 0 Å². The Labute approximate surface area is 132 Å². The summed E-state index contributed by atoms with van der Waals surface area (Å²) in [5, 5.41) is 0. The standard InChI is InChI=1S/C20H22NO/c1-15(2)21-16(3)22-20(18-12-8-5-9-13-18)14-19(21)17-10-6-4-7-11-17/h4-15,19H,1-3H3/q+1. The molecule has 0 saturated heterocycles. The lowest BCUT2D eigenvalue weighted by Crippen LogP contribution is -2.33. The molecule has 0 spiro atoms. The number of ether oxygens (including phenoxy) is 1. The summed E-state index contributed by atoms with van der Waals surface area (Å²) >= 11 is 0. The Morgan fingerprint density at radius 1 is 0.909 bits per heavy atom. The summed E-state index contributed by atoms with van der Waals surface area (Å²) in [4.78, 5) is 0. The van der Waals surface area contributed by atoms with E-state index >= 15 is 0 Å². The molecule has 2 nitrogen and oxygen atoms in total. The van der Waals surface area contributed by atoms with E-state index in [2.05, 4.69) is 67.0 Å². The van der Waals surface area contributed by atoms with Crippen LogP contribution in [0.25, 0.3) is 5.76 Å². The highest BCUT2D eigenvalue weighted by molar-refractivity contribution is 5.79. The Morgan fingerprint density at radius 2 is 1.50 bits per heavy atom. The Hall–Kier alpha value is -2.35. The van der Waals surface area contributed by atoms with Gasteiger partial charge in [0.2, 0.25) is 6.04 Å². The van der Waals surface area contributed by atoms with E-state index in [0.717, 1.165) is 17.2 Å². The molecule has 22 heavy (non-hydrogen) atoms. The zero-order valence-electron chi connectivity index (χ0n) is 13.4. The predicted octanol–water partition coefficient (Wildman–Crippen LogP) is 4.64. The maximum Gasteiger partial charge on any atom is 0.339 e. The van der Waals surface area contributed by atoms with Crippen LogP contribution in [0.3, 0.4) is 0 Å². The fourth-order valence-corrected chi connectivity index (χ4v) is 3.01. The van der Waals surface area contributed by atoms with E-state index < -0.39 is 0 Å². The summed E-state index contributed by atoms with van der Waals surface area (Å²) in [5.74, 6) is 1.88. The van der Waals surface area contributed by atoms with Gasteiger partial charge in [0, 0.05) is 17.2 Å². The van der Waals surface area contributed by atoms with E-state index in [-0.39, 0.29) is 6.04 Å². The molecule has 3 rings (SSSR count). The van der Waals surface area contributed by atoms with E-state index in [0.29, 0.717) is 6.04 Å². The van der Waals surface area contributed by atoms with Gasteiger partial charge in [-0.1, -0.05) is 60.7 Å². The van der Waals surface area contributed by atoms with Crippen molar-refractivity contribution in [3.05, 3.63) is 77.9 Å². The van der Waals surface area contributed by atoms with Crippen molar-refractivity contribution in [1.29, 1.82) is 0 Å². The molecular weight excluding hydrogens is 270 g/mol. The molecule has 2 aromatic carbocycles. The minimum Gasteiger partial charge on any atom is -0.408 e. The number of hydrogen-bond donors (Lipinski definition) is 0. The molecular formula is C20H22NO+. The van der Waals surface area contributed by atoms with Crippen molar-refractivity contribution in [1.82, 2.24) is 0 Å². The predicted molar refractivity (Wildman–Crippen MR) is 90.8 cm³/mol. The van der Waals surface area contributed by atoms with Crippen LogP contribution in [-0.2, 0) is 4.74 Å². The molecule has 0 amide bonds. The van der Waals surface area contributed by atoms with E-state index in [1.54, 1.807) is 0 Å². The SMILES string of the molecule is CC1=[N+](C(C)C)C(c2ccccc2)C=C(c2ccccc2)O1. The van der Waals surface area contributed by atoms with E-state index in [4.69, 9.17) is 4.74 Å². The maximum absolute atomic E-state index is 6.10. The van der Waals surface area contributed by atoms with Crippen LogP contribution in [0, 0.1) is 0 Å². The lowest BCUT2D eigenvalue weighted by atomic mass is 10.0. The van der Waals surface area contributed by atoms with Crippen LogP contribution < -0.4 is 0 Å². The third-order valence-electron chi connectivity index (χ3n) is 3.99. The normalized spacial score (nSPS) is 18.2. The van der Waals surface area contributed by atoms with Crippen LogP contribution in [0.4, 0.5) is 0 Å². The molecule has 1 unspecified atom stereocenters. The lowest BCUT2D eigenvalue weighted by molar-refractivity contribution is -0.598. The highest BCUT2D eigenvalue weighted by Crippen LogP contribution is 2.30. The van der Waals surface area contributed by atoms with Gasteiger partial charge in [-0.25, -0.2) is 0 Å². The van der Waals surface area contributed by atoms with Gasteiger partial charge in [0.05, 0.1) is 6.92 Å². The first kappa shape index (κ1) is 14.6. The first-order valence-corrected chi connectivity index (χ1v) is 7.79. The maximum atomic E-state index is 6.10. The van der Waals surface area contributed by atoms with Crippen LogP contribution in [0.2, 0.25) is 0 Å². The van der Waals surface area contributed by atoms with Crippen molar-refractivity contribution < 1.29 is 9.31 Å². The van der Waals surface area contributed by atoms with Crippen molar-refractivity contribution in [2.75, 3.05) is 0 Å². The molecule has 112 valence electrons. The summed E-state index contributed by atoms with van der Waals surface area (Å²) in [6.45, 7) is 6.44. The molecule has 1 atom stereocenters. The van der Waals surface area contributed by atoms with Gasteiger partial charge in [-0.15, -0.1) is 0 Å². The lowest BCUT2D eigenvalue weighted by Gasteiger charge is -2.24. The molecule has 1 aliphatic heterocycles. The smallest absolute Gasteiger partial charge is 0.339 e. The van der Waals surface area contributed by atoms with Gasteiger partial charge in [-0.3, -0.25) is 0 Å². The van der Waals surface area contributed by atoms with Gasteiger partial charge in [0.1, 0.15) is 5.76 Å². The number of nitrogens with zero attached hydrogens (tertiary/aromatic N) is 1. The van der Waals surface area contributed by atoms with Crippen molar-refractivity contribution in [2.45, 2.75) is 32.9 Å². The Bertz CT molecular complexity index is 699. The fourth-order valence-electron chi connectivity index (χ4n) is 3.01. The highest BCUT2D eigenvalue weighted by atomic mass is 16.5. The molecule has 0 N–H and O–H groups in total. The van der Waals surface area contributed by atoms with Gasteiger partial charge < -0.3 is 4.74 Å². The molecule has 0 saturated carbocycles. The second-order valence-electron chi connectivity index (χ2n) is 5.87. The average Bonchev–Trinajstić information content (AvgIpc) is 2.55. The van der Waals surface area contributed by atoms with E-state index in [9.17, 15) is 0 Å². The average molecular weight is 292 g/mol. The van der Waals surface area contributed by atoms with Crippen molar-refractivity contribution >= 4 is 11.7 Å². The Kier molecular flexibility index (Phi) is 4.10. The highest BCUT2D eigenvalue weighted by Gasteiger charge is 2.32. The minimum atomic E-state index is 0.199. The topological polar surface area (TPSA) is 12.2 Å². The van der Waals surface area contributed by atoms with Crippen LogP contribution >= 0.6 is 0 Å². The largest absolute Gasteiger partial charge is 0.408 e. The van der Waals surface area contributed by atoms with E-state index in [1.807, 2.05) is 25.1 Å². The number of hydrogen-bond acceptors (Lipinski definition) is 1. The summed E-state index contributed by atoms with van der Waals surface area (Å²) in [6, 6.07) is 21.5. The van der Waals surface area contributed by atoms with Gasteiger partial charge in [0.25, 0.3) is 0 Å². The molecule has 0 radical (unpaired) electrons. The molecule has 1 aliphatic rings. The van der Waals surface area contributed by atoms with Gasteiger partial charge in [0.15, 0.2) is 6.04 Å². The van der Waals surface area contributed by atoms with Crippen molar-refractivity contribution in [3.63, 3.8) is 0 Å². The second kappa shape index (κ2) is 6.18. The van der Waals surface area contributed by atoms with Gasteiger partial charge >= 0.3 is 5.90 Å². The van der Waals surface area contributed by atoms with Crippen molar-refractivity contribution in [2.24, 2.45) is 0 Å². The van der Waals surface area contributed by atoms with Crippen LogP contribution in [0.15, 0.2) is 66.7 Å². The van der Waals surface area contributed by atoms with Gasteiger partial charge in [-0.05, 0) is 13.8 Å². The molecule has 2 aromatic rings. The zero-order chi connectivity index (χ0) is 15.5. The zero-order valence-corrected chi connectivity index (χ0v) is 13.4. The number of benzene rings is 2. The molecule has 2 heteroatoms. The third-order valence-corrected chi connectivity index (χ3v) is 3.99. The Balaban J connectivity index is 2.07. The molecule has 0 aliphatic carbocycles. The first-order chi connectivity index (χ1) is 10.7. The minimum absolute atomic E-state index is 0.199. The van der Waals surface area contributed by atoms with Crippen LogP contribution in [0.1, 0.15) is 37.9 Å². The Morgan fingerprint density at radius 3 is 2.09 bits per heavy atom. The fraction of sp³-hybridized carbons (Fsp3) is 0.250. The van der Waals surface area contributed by atoms with E-state index in [1.165, 1.54) is 5.56 Å². The third kappa shape index (κ3) is 2.82. The van der Waals surface area contributed by atoms with Crippen LogP contribution in [-0.4, -0.2) is 16.5 Å². The molecule has 0 bridgehead atoms. The number of rotatable bonds is 3.